The minimum atomic E-state index is -0.442. The highest BCUT2D eigenvalue weighted by Gasteiger charge is 2.27. The van der Waals surface area contributed by atoms with Crippen LogP contribution in [0.2, 0.25) is 0 Å². The molecule has 0 saturated carbocycles. The number of ether oxygens (including phenoxy) is 1. The molecule has 7 nitrogen and oxygen atoms in total. The van der Waals surface area contributed by atoms with Gasteiger partial charge in [0, 0.05) is 30.9 Å². The van der Waals surface area contributed by atoms with Crippen LogP contribution in [0.3, 0.4) is 0 Å². The molecule has 0 unspecified atom stereocenters. The fourth-order valence-corrected chi connectivity index (χ4v) is 2.75. The van der Waals surface area contributed by atoms with E-state index in [4.69, 9.17) is 17.0 Å². The highest BCUT2D eigenvalue weighted by molar-refractivity contribution is 7.80. The molecule has 0 aromatic heterocycles. The van der Waals surface area contributed by atoms with Crippen LogP contribution in [0.25, 0.3) is 0 Å². The number of hydrogen-bond acceptors (Lipinski definition) is 5. The van der Waals surface area contributed by atoms with E-state index in [0.29, 0.717) is 43.3 Å². The van der Waals surface area contributed by atoms with E-state index in [1.807, 2.05) is 4.90 Å². The number of nitrogens with one attached hydrogen (secondary N) is 1. The average Bonchev–Trinajstić information content (AvgIpc) is 2.55. The van der Waals surface area contributed by atoms with Crippen molar-refractivity contribution >= 4 is 34.7 Å². The summed E-state index contributed by atoms with van der Waals surface area (Å²) in [6.07, 6.45) is 1.42. The Morgan fingerprint density at radius 1 is 1.39 bits per heavy atom. The Bertz CT molecular complexity index is 583. The lowest BCUT2D eigenvalue weighted by molar-refractivity contribution is -0.384. The summed E-state index contributed by atoms with van der Waals surface area (Å²) in [4.78, 5) is 23.9. The quantitative estimate of drug-likeness (QED) is 0.391. The van der Waals surface area contributed by atoms with Gasteiger partial charge in [-0.1, -0.05) is 0 Å². The van der Waals surface area contributed by atoms with Crippen molar-refractivity contribution in [3.05, 3.63) is 34.4 Å². The molecule has 1 aromatic carbocycles. The van der Waals surface area contributed by atoms with Crippen molar-refractivity contribution in [3.63, 3.8) is 0 Å². The number of piperidine rings is 1. The van der Waals surface area contributed by atoms with Crippen molar-refractivity contribution in [3.8, 4) is 0 Å². The Kier molecular flexibility index (Phi) is 5.86. The number of carbonyl (C=O) groups excluding carboxylic acids is 1. The molecule has 0 atom stereocenters. The first-order chi connectivity index (χ1) is 11.0. The molecule has 0 amide bonds. The zero-order valence-electron chi connectivity index (χ0n) is 12.9. The number of rotatable bonds is 4. The Morgan fingerprint density at radius 2 is 2.00 bits per heavy atom. The standard InChI is InChI=1S/C15H19N3O4S/c1-2-22-14(19)11-7-9-17(10-8-11)15(23)16-12-3-5-13(6-4-12)18(20)21/h3-6,11H,2,7-10H2,1H3,(H,16,23). The molecule has 0 radical (unpaired) electrons. The summed E-state index contributed by atoms with van der Waals surface area (Å²) < 4.78 is 5.04. The lowest BCUT2D eigenvalue weighted by Gasteiger charge is -2.32. The number of non-ortho nitro benzene ring substituents is 1. The molecule has 1 heterocycles. The molecule has 1 aliphatic rings. The zero-order chi connectivity index (χ0) is 16.8. The fraction of sp³-hybridized carbons (Fsp3) is 0.467. The molecule has 2 rings (SSSR count). The number of carbonyl (C=O) groups is 1. The predicted octanol–water partition coefficient (Wildman–Crippen LogP) is 2.57. The van der Waals surface area contributed by atoms with Gasteiger partial charge in [0.25, 0.3) is 5.69 Å². The van der Waals surface area contributed by atoms with Crippen LogP contribution < -0.4 is 5.32 Å². The average molecular weight is 337 g/mol. The lowest BCUT2D eigenvalue weighted by Crippen LogP contribution is -2.42. The third-order valence-electron chi connectivity index (χ3n) is 3.73. The summed E-state index contributed by atoms with van der Waals surface area (Å²) in [6.45, 7) is 3.57. The van der Waals surface area contributed by atoms with Gasteiger partial charge in [0.05, 0.1) is 17.4 Å². The first-order valence-electron chi connectivity index (χ1n) is 7.48. The second-order valence-corrected chi connectivity index (χ2v) is 5.63. The topological polar surface area (TPSA) is 84.7 Å². The Morgan fingerprint density at radius 3 is 2.52 bits per heavy atom. The molecule has 0 aliphatic carbocycles. The molecule has 0 spiro atoms. The van der Waals surface area contributed by atoms with Crippen LogP contribution in [-0.2, 0) is 9.53 Å². The number of nitro groups is 1. The van der Waals surface area contributed by atoms with Crippen molar-refractivity contribution < 1.29 is 14.5 Å². The molecule has 1 N–H and O–H groups in total. The summed E-state index contributed by atoms with van der Waals surface area (Å²) in [7, 11) is 0. The molecule has 1 aliphatic heterocycles. The minimum absolute atomic E-state index is 0.0386. The largest absolute Gasteiger partial charge is 0.466 e. The van der Waals surface area contributed by atoms with Gasteiger partial charge in [-0.05, 0) is 44.1 Å². The molecule has 23 heavy (non-hydrogen) atoms. The highest BCUT2D eigenvalue weighted by Crippen LogP contribution is 2.20. The minimum Gasteiger partial charge on any atom is -0.466 e. The SMILES string of the molecule is CCOC(=O)C1CCN(C(=S)Nc2ccc([N+](=O)[O-])cc2)CC1. The molecule has 0 bridgehead atoms. The number of likely N-dealkylation sites (tertiary alicyclic amines) is 1. The van der Waals surface area contributed by atoms with Crippen molar-refractivity contribution in [2.24, 2.45) is 5.92 Å². The summed E-state index contributed by atoms with van der Waals surface area (Å²) in [6, 6.07) is 6.10. The van der Waals surface area contributed by atoms with Crippen LogP contribution in [0.1, 0.15) is 19.8 Å². The smallest absolute Gasteiger partial charge is 0.309 e. The van der Waals surface area contributed by atoms with E-state index in [1.54, 1.807) is 19.1 Å². The molecule has 1 fully saturated rings. The Balaban J connectivity index is 1.85. The fourth-order valence-electron chi connectivity index (χ4n) is 2.45. The Hall–Kier alpha value is -2.22. The number of nitrogens with zero attached hydrogens (tertiary/aromatic N) is 2. The Labute approximate surface area is 139 Å². The maximum atomic E-state index is 11.7. The van der Waals surface area contributed by atoms with E-state index < -0.39 is 4.92 Å². The third kappa shape index (κ3) is 4.62. The molecule has 1 aromatic rings. The monoisotopic (exact) mass is 337 g/mol. The van der Waals surface area contributed by atoms with Crippen LogP contribution >= 0.6 is 12.2 Å². The maximum absolute atomic E-state index is 11.7. The third-order valence-corrected chi connectivity index (χ3v) is 4.09. The van der Waals surface area contributed by atoms with Crippen molar-refractivity contribution in [1.82, 2.24) is 4.90 Å². The molecule has 8 heteroatoms. The number of hydrogen-bond donors (Lipinski definition) is 1. The maximum Gasteiger partial charge on any atom is 0.309 e. The van der Waals surface area contributed by atoms with E-state index >= 15 is 0 Å². The highest BCUT2D eigenvalue weighted by atomic mass is 32.1. The van der Waals surface area contributed by atoms with Gasteiger partial charge in [-0.3, -0.25) is 14.9 Å². The second-order valence-electron chi connectivity index (χ2n) is 5.25. The summed E-state index contributed by atoms with van der Waals surface area (Å²) >= 11 is 5.36. The van der Waals surface area contributed by atoms with Crippen LogP contribution in [0, 0.1) is 16.0 Å². The van der Waals surface area contributed by atoms with E-state index in [0.717, 1.165) is 0 Å². The number of benzene rings is 1. The number of nitro benzene ring substituents is 1. The van der Waals surface area contributed by atoms with Gasteiger partial charge in [-0.2, -0.15) is 0 Å². The lowest BCUT2D eigenvalue weighted by atomic mass is 9.97. The summed E-state index contributed by atoms with van der Waals surface area (Å²) in [5.41, 5.74) is 0.741. The second kappa shape index (κ2) is 7.87. The van der Waals surface area contributed by atoms with Gasteiger partial charge in [-0.15, -0.1) is 0 Å². The normalized spacial score (nSPS) is 15.1. The first kappa shape index (κ1) is 17.1. The van der Waals surface area contributed by atoms with Gasteiger partial charge in [0.1, 0.15) is 0 Å². The molecular formula is C15H19N3O4S. The number of thiocarbonyl (C=S) groups is 1. The van der Waals surface area contributed by atoms with E-state index in [9.17, 15) is 14.9 Å². The van der Waals surface area contributed by atoms with Gasteiger partial charge in [0.15, 0.2) is 5.11 Å². The van der Waals surface area contributed by atoms with Gasteiger partial charge in [0.2, 0.25) is 0 Å². The van der Waals surface area contributed by atoms with Crippen LogP contribution in [-0.4, -0.2) is 40.6 Å². The van der Waals surface area contributed by atoms with Gasteiger partial charge in [-0.25, -0.2) is 0 Å². The van der Waals surface area contributed by atoms with Crippen LogP contribution in [0.5, 0.6) is 0 Å². The first-order valence-corrected chi connectivity index (χ1v) is 7.89. The van der Waals surface area contributed by atoms with E-state index in [1.165, 1.54) is 12.1 Å². The summed E-state index contributed by atoms with van der Waals surface area (Å²) in [5, 5.41) is 14.2. The van der Waals surface area contributed by atoms with Crippen LogP contribution in [0.4, 0.5) is 11.4 Å². The number of esters is 1. The number of anilines is 1. The van der Waals surface area contributed by atoms with Gasteiger partial charge >= 0.3 is 5.97 Å². The van der Waals surface area contributed by atoms with Crippen molar-refractivity contribution in [2.75, 3.05) is 25.0 Å². The molecule has 124 valence electrons. The predicted molar refractivity (Wildman–Crippen MR) is 90.2 cm³/mol. The van der Waals surface area contributed by atoms with Crippen molar-refractivity contribution in [2.45, 2.75) is 19.8 Å². The van der Waals surface area contributed by atoms with Gasteiger partial charge < -0.3 is 15.0 Å². The van der Waals surface area contributed by atoms with E-state index in [-0.39, 0.29) is 17.6 Å². The molecule has 1 saturated heterocycles. The summed E-state index contributed by atoms with van der Waals surface area (Å²) in [5.74, 6) is -0.199. The van der Waals surface area contributed by atoms with Crippen LogP contribution in [0.15, 0.2) is 24.3 Å². The van der Waals surface area contributed by atoms with Crippen molar-refractivity contribution in [1.29, 1.82) is 0 Å². The zero-order valence-corrected chi connectivity index (χ0v) is 13.7. The van der Waals surface area contributed by atoms with E-state index in [2.05, 4.69) is 5.32 Å². The molecular weight excluding hydrogens is 318 g/mol.